The molecule has 2 aromatic rings. The third-order valence-electron chi connectivity index (χ3n) is 4.27. The number of rotatable bonds is 3. The van der Waals surface area contributed by atoms with E-state index in [9.17, 15) is 14.0 Å². The van der Waals surface area contributed by atoms with E-state index in [1.54, 1.807) is 25.2 Å². The summed E-state index contributed by atoms with van der Waals surface area (Å²) in [6.45, 7) is 1.85. The first-order chi connectivity index (χ1) is 11.5. The largest absolute Gasteiger partial charge is 0.338 e. The smallest absolute Gasteiger partial charge is 0.231 e. The molecule has 7 heteroatoms. The third-order valence-corrected chi connectivity index (χ3v) is 5.15. The van der Waals surface area contributed by atoms with Gasteiger partial charge >= 0.3 is 0 Å². The van der Waals surface area contributed by atoms with Gasteiger partial charge in [0.25, 0.3) is 0 Å². The van der Waals surface area contributed by atoms with E-state index in [1.807, 2.05) is 12.3 Å². The molecule has 0 bridgehead atoms. The zero-order valence-corrected chi connectivity index (χ0v) is 14.3. The number of carbonyl (C=O) groups is 2. The SMILES string of the molecule is Cc1csc(NC(=O)[C@H]2CCC(=O)N(C)[C@@H]2c2ccccc2F)n1. The van der Waals surface area contributed by atoms with Crippen LogP contribution in [0.1, 0.15) is 30.1 Å². The van der Waals surface area contributed by atoms with Crippen LogP contribution in [0.3, 0.4) is 0 Å². The van der Waals surface area contributed by atoms with Crippen molar-refractivity contribution in [3.8, 4) is 0 Å². The number of benzene rings is 1. The van der Waals surface area contributed by atoms with Gasteiger partial charge in [-0.3, -0.25) is 9.59 Å². The highest BCUT2D eigenvalue weighted by Gasteiger charge is 2.40. The Labute approximate surface area is 143 Å². The second-order valence-electron chi connectivity index (χ2n) is 5.90. The molecule has 1 N–H and O–H groups in total. The summed E-state index contributed by atoms with van der Waals surface area (Å²) in [5.74, 6) is -1.25. The summed E-state index contributed by atoms with van der Waals surface area (Å²) in [6, 6.07) is 5.67. The Hall–Kier alpha value is -2.28. The Balaban J connectivity index is 1.90. The van der Waals surface area contributed by atoms with Crippen LogP contribution in [0.2, 0.25) is 0 Å². The van der Waals surface area contributed by atoms with E-state index in [1.165, 1.54) is 22.3 Å². The molecule has 2 amide bonds. The molecule has 0 radical (unpaired) electrons. The normalized spacial score (nSPS) is 21.0. The summed E-state index contributed by atoms with van der Waals surface area (Å²) in [4.78, 5) is 30.5. The second-order valence-corrected chi connectivity index (χ2v) is 6.76. The van der Waals surface area contributed by atoms with Crippen LogP contribution in [-0.4, -0.2) is 28.7 Å². The van der Waals surface area contributed by atoms with E-state index in [4.69, 9.17) is 0 Å². The molecule has 1 aliphatic rings. The van der Waals surface area contributed by atoms with Gasteiger partial charge in [-0.25, -0.2) is 9.37 Å². The quantitative estimate of drug-likeness (QED) is 0.928. The second kappa shape index (κ2) is 6.68. The van der Waals surface area contributed by atoms with Gasteiger partial charge < -0.3 is 10.2 Å². The molecule has 3 rings (SSSR count). The molecule has 0 unspecified atom stereocenters. The minimum absolute atomic E-state index is 0.0857. The number of hydrogen-bond donors (Lipinski definition) is 1. The van der Waals surface area contributed by atoms with Crippen molar-refractivity contribution in [3.63, 3.8) is 0 Å². The molecule has 0 spiro atoms. The number of likely N-dealkylation sites (tertiary alicyclic amines) is 1. The molecule has 0 aliphatic carbocycles. The number of anilines is 1. The van der Waals surface area contributed by atoms with E-state index >= 15 is 0 Å². The van der Waals surface area contributed by atoms with Crippen LogP contribution in [0.25, 0.3) is 0 Å². The summed E-state index contributed by atoms with van der Waals surface area (Å²) < 4.78 is 14.3. The number of carbonyl (C=O) groups excluding carboxylic acids is 2. The zero-order chi connectivity index (χ0) is 17.3. The Morgan fingerprint density at radius 1 is 1.42 bits per heavy atom. The lowest BCUT2D eigenvalue weighted by atomic mass is 9.84. The van der Waals surface area contributed by atoms with Crippen molar-refractivity contribution in [3.05, 3.63) is 46.7 Å². The third kappa shape index (κ3) is 3.17. The number of nitrogens with zero attached hydrogens (tertiary/aromatic N) is 2. The zero-order valence-electron chi connectivity index (χ0n) is 13.5. The van der Waals surface area contributed by atoms with Crippen molar-refractivity contribution >= 4 is 28.3 Å². The molecule has 1 fully saturated rings. The Bertz CT molecular complexity index is 777. The lowest BCUT2D eigenvalue weighted by Gasteiger charge is -2.38. The fourth-order valence-corrected chi connectivity index (χ4v) is 3.75. The van der Waals surface area contributed by atoms with E-state index in [-0.39, 0.29) is 18.2 Å². The fraction of sp³-hybridized carbons (Fsp3) is 0.353. The lowest BCUT2D eigenvalue weighted by molar-refractivity contribution is -0.140. The number of nitrogens with one attached hydrogen (secondary N) is 1. The number of amides is 2. The Morgan fingerprint density at radius 2 is 2.17 bits per heavy atom. The first kappa shape index (κ1) is 16.6. The first-order valence-electron chi connectivity index (χ1n) is 7.70. The molecule has 126 valence electrons. The van der Waals surface area contributed by atoms with Gasteiger partial charge in [-0.15, -0.1) is 11.3 Å². The topological polar surface area (TPSA) is 62.3 Å². The van der Waals surface area contributed by atoms with Crippen LogP contribution in [-0.2, 0) is 9.59 Å². The maximum absolute atomic E-state index is 14.3. The van der Waals surface area contributed by atoms with Gasteiger partial charge in [0.2, 0.25) is 11.8 Å². The number of halogens is 1. The van der Waals surface area contributed by atoms with Gasteiger partial charge in [0.05, 0.1) is 17.7 Å². The fourth-order valence-electron chi connectivity index (χ4n) is 3.06. The first-order valence-corrected chi connectivity index (χ1v) is 8.58. The standard InChI is InChI=1S/C17H18FN3O2S/c1-10-9-24-17(19-10)20-16(23)12-7-8-14(22)21(2)15(12)11-5-3-4-6-13(11)18/h3-6,9,12,15H,7-8H2,1-2H3,(H,19,20,23)/t12-,15+/m0/s1. The highest BCUT2D eigenvalue weighted by Crippen LogP contribution is 2.37. The number of hydrogen-bond acceptors (Lipinski definition) is 4. The molecule has 1 aromatic heterocycles. The van der Waals surface area contributed by atoms with Gasteiger partial charge in [0.1, 0.15) is 5.82 Å². The van der Waals surface area contributed by atoms with Gasteiger partial charge in [0.15, 0.2) is 5.13 Å². The molecular formula is C17H18FN3O2S. The maximum atomic E-state index is 14.3. The van der Waals surface area contributed by atoms with Gasteiger partial charge in [-0.1, -0.05) is 18.2 Å². The molecule has 1 saturated heterocycles. The minimum Gasteiger partial charge on any atom is -0.338 e. The number of piperidine rings is 1. The van der Waals surface area contributed by atoms with Crippen molar-refractivity contribution in [2.75, 3.05) is 12.4 Å². The van der Waals surface area contributed by atoms with Crippen molar-refractivity contribution in [2.24, 2.45) is 5.92 Å². The summed E-state index contributed by atoms with van der Waals surface area (Å²) >= 11 is 1.35. The monoisotopic (exact) mass is 347 g/mol. The summed E-state index contributed by atoms with van der Waals surface area (Å²) in [5.41, 5.74) is 1.19. The van der Waals surface area contributed by atoms with Crippen molar-refractivity contribution in [1.82, 2.24) is 9.88 Å². The number of aryl methyl sites for hydroxylation is 1. The van der Waals surface area contributed by atoms with Gasteiger partial charge in [0, 0.05) is 24.4 Å². The van der Waals surface area contributed by atoms with Crippen molar-refractivity contribution < 1.29 is 14.0 Å². The van der Waals surface area contributed by atoms with E-state index in [0.717, 1.165) is 5.69 Å². The molecule has 24 heavy (non-hydrogen) atoms. The summed E-state index contributed by atoms with van der Waals surface area (Å²) in [7, 11) is 1.62. The molecule has 5 nitrogen and oxygen atoms in total. The minimum atomic E-state index is -0.617. The van der Waals surface area contributed by atoms with Crippen LogP contribution in [0, 0.1) is 18.7 Å². The van der Waals surface area contributed by atoms with E-state index in [2.05, 4.69) is 10.3 Å². The van der Waals surface area contributed by atoms with Crippen LogP contribution in [0.4, 0.5) is 9.52 Å². The highest BCUT2D eigenvalue weighted by atomic mass is 32.1. The van der Waals surface area contributed by atoms with E-state index < -0.39 is 17.8 Å². The average Bonchev–Trinajstić information content (AvgIpc) is 2.95. The van der Waals surface area contributed by atoms with Crippen LogP contribution >= 0.6 is 11.3 Å². The maximum Gasteiger partial charge on any atom is 0.231 e. The highest BCUT2D eigenvalue weighted by molar-refractivity contribution is 7.13. The van der Waals surface area contributed by atoms with Crippen LogP contribution < -0.4 is 5.32 Å². The lowest BCUT2D eigenvalue weighted by Crippen LogP contribution is -2.44. The number of thiazole rings is 1. The summed E-state index contributed by atoms with van der Waals surface area (Å²) in [5, 5.41) is 5.16. The molecule has 0 saturated carbocycles. The Kier molecular flexibility index (Phi) is 4.62. The van der Waals surface area contributed by atoms with Crippen LogP contribution in [0.15, 0.2) is 29.6 Å². The van der Waals surface area contributed by atoms with Crippen molar-refractivity contribution in [1.29, 1.82) is 0 Å². The van der Waals surface area contributed by atoms with Crippen molar-refractivity contribution in [2.45, 2.75) is 25.8 Å². The number of aromatic nitrogens is 1. The predicted octanol–water partition coefficient (Wildman–Crippen LogP) is 3.14. The van der Waals surface area contributed by atoms with Gasteiger partial charge in [-0.2, -0.15) is 0 Å². The average molecular weight is 347 g/mol. The molecule has 1 aromatic carbocycles. The van der Waals surface area contributed by atoms with E-state index in [0.29, 0.717) is 17.1 Å². The van der Waals surface area contributed by atoms with Crippen LogP contribution in [0.5, 0.6) is 0 Å². The molecule has 2 heterocycles. The molecule has 2 atom stereocenters. The molecular weight excluding hydrogens is 329 g/mol. The Morgan fingerprint density at radius 3 is 2.83 bits per heavy atom. The predicted molar refractivity (Wildman–Crippen MR) is 90.1 cm³/mol. The molecule has 1 aliphatic heterocycles. The van der Waals surface area contributed by atoms with Gasteiger partial charge in [-0.05, 0) is 19.4 Å². The summed E-state index contributed by atoms with van der Waals surface area (Å²) in [6.07, 6.45) is 0.662.